The predicted octanol–water partition coefficient (Wildman–Crippen LogP) is 5.00. The number of hydrogen-bond donors (Lipinski definition) is 0. The number of rotatable bonds is 4. The minimum Gasteiger partial charge on any atom is -0.234 e. The SMILES string of the molecule is C=C(/C=C(\C)CC)N=C(C)n1ccc(-c2cccc(C)c2)n1. The lowest BCUT2D eigenvalue weighted by Crippen LogP contribution is -2.08. The first kappa shape index (κ1) is 16.0. The van der Waals surface area contributed by atoms with Gasteiger partial charge in [-0.1, -0.05) is 42.8 Å². The Kier molecular flexibility index (Phi) is 5.10. The molecule has 0 radical (unpaired) electrons. The second-order valence-corrected chi connectivity index (χ2v) is 5.51. The smallest absolute Gasteiger partial charge is 0.127 e. The Hall–Kier alpha value is -2.42. The molecule has 0 aliphatic heterocycles. The molecule has 0 spiro atoms. The first-order valence-corrected chi connectivity index (χ1v) is 7.54. The van der Waals surface area contributed by atoms with Crippen LogP contribution in [0.25, 0.3) is 11.3 Å². The van der Waals surface area contributed by atoms with Crippen LogP contribution in [0.15, 0.2) is 65.4 Å². The second kappa shape index (κ2) is 7.03. The molecule has 0 aliphatic rings. The largest absolute Gasteiger partial charge is 0.234 e. The Morgan fingerprint density at radius 2 is 2.09 bits per heavy atom. The van der Waals surface area contributed by atoms with Gasteiger partial charge >= 0.3 is 0 Å². The van der Waals surface area contributed by atoms with Crippen molar-refractivity contribution in [2.75, 3.05) is 0 Å². The Morgan fingerprint density at radius 3 is 2.77 bits per heavy atom. The molecule has 0 N–H and O–H groups in total. The Labute approximate surface area is 132 Å². The molecule has 1 heterocycles. The van der Waals surface area contributed by atoms with Crippen LogP contribution in [-0.4, -0.2) is 15.6 Å². The van der Waals surface area contributed by atoms with Crippen molar-refractivity contribution in [1.29, 1.82) is 0 Å². The van der Waals surface area contributed by atoms with E-state index in [1.807, 2.05) is 31.3 Å². The summed E-state index contributed by atoms with van der Waals surface area (Å²) in [6.07, 6.45) is 4.95. The fourth-order valence-corrected chi connectivity index (χ4v) is 2.14. The van der Waals surface area contributed by atoms with Crippen molar-refractivity contribution in [3.8, 4) is 11.3 Å². The topological polar surface area (TPSA) is 30.2 Å². The highest BCUT2D eigenvalue weighted by atomic mass is 15.3. The van der Waals surface area contributed by atoms with Crippen molar-refractivity contribution >= 4 is 5.84 Å². The molecule has 0 aliphatic carbocycles. The van der Waals surface area contributed by atoms with E-state index in [9.17, 15) is 0 Å². The molecule has 0 fully saturated rings. The normalized spacial score (nSPS) is 12.5. The molecule has 1 aromatic carbocycles. The summed E-state index contributed by atoms with van der Waals surface area (Å²) in [6, 6.07) is 10.3. The zero-order valence-corrected chi connectivity index (χ0v) is 13.8. The van der Waals surface area contributed by atoms with Gasteiger partial charge in [0.05, 0.1) is 11.4 Å². The van der Waals surface area contributed by atoms with Crippen molar-refractivity contribution in [1.82, 2.24) is 9.78 Å². The van der Waals surface area contributed by atoms with Crippen molar-refractivity contribution in [3.05, 3.63) is 66.0 Å². The molecular weight excluding hydrogens is 270 g/mol. The van der Waals surface area contributed by atoms with Crippen molar-refractivity contribution < 1.29 is 0 Å². The minimum absolute atomic E-state index is 0.754. The lowest BCUT2D eigenvalue weighted by atomic mass is 10.1. The number of benzene rings is 1. The zero-order chi connectivity index (χ0) is 16.1. The highest BCUT2D eigenvalue weighted by Crippen LogP contribution is 2.18. The first-order chi connectivity index (χ1) is 10.5. The Morgan fingerprint density at radius 1 is 1.32 bits per heavy atom. The quantitative estimate of drug-likeness (QED) is 0.443. The van der Waals surface area contributed by atoms with Gasteiger partial charge in [-0.15, -0.1) is 0 Å². The van der Waals surface area contributed by atoms with Gasteiger partial charge in [-0.2, -0.15) is 5.10 Å². The summed E-state index contributed by atoms with van der Waals surface area (Å²) in [5.41, 5.74) is 5.31. The fourth-order valence-electron chi connectivity index (χ4n) is 2.14. The van der Waals surface area contributed by atoms with Crippen LogP contribution in [0.3, 0.4) is 0 Å². The summed E-state index contributed by atoms with van der Waals surface area (Å²) < 4.78 is 1.79. The molecule has 3 nitrogen and oxygen atoms in total. The summed E-state index contributed by atoms with van der Waals surface area (Å²) in [5, 5.41) is 4.60. The average molecular weight is 293 g/mol. The van der Waals surface area contributed by atoms with Crippen LogP contribution >= 0.6 is 0 Å². The van der Waals surface area contributed by atoms with E-state index in [-0.39, 0.29) is 0 Å². The minimum atomic E-state index is 0.754. The molecule has 2 aromatic rings. The molecule has 1 aromatic heterocycles. The van der Waals surface area contributed by atoms with Crippen LogP contribution in [0.4, 0.5) is 0 Å². The third-order valence-corrected chi connectivity index (χ3v) is 3.51. The number of aliphatic imine (C=N–C) groups is 1. The number of aromatic nitrogens is 2. The van der Waals surface area contributed by atoms with E-state index < -0.39 is 0 Å². The van der Waals surface area contributed by atoms with Crippen molar-refractivity contribution in [3.63, 3.8) is 0 Å². The Balaban J connectivity index is 2.22. The molecular formula is C19H23N3. The molecule has 0 atom stereocenters. The maximum Gasteiger partial charge on any atom is 0.127 e. The molecule has 0 unspecified atom stereocenters. The van der Waals surface area contributed by atoms with E-state index in [1.54, 1.807) is 4.68 Å². The number of nitrogens with zero attached hydrogens (tertiary/aromatic N) is 3. The van der Waals surface area contributed by atoms with E-state index in [1.165, 1.54) is 11.1 Å². The molecule has 2 rings (SSSR count). The maximum absolute atomic E-state index is 4.60. The second-order valence-electron chi connectivity index (χ2n) is 5.51. The lowest BCUT2D eigenvalue weighted by molar-refractivity contribution is 0.927. The van der Waals surface area contributed by atoms with Gasteiger partial charge in [0.1, 0.15) is 5.84 Å². The van der Waals surface area contributed by atoms with Crippen LogP contribution in [0, 0.1) is 6.92 Å². The molecule has 0 bridgehead atoms. The lowest BCUT2D eigenvalue weighted by Gasteiger charge is -2.02. The van der Waals surface area contributed by atoms with Gasteiger partial charge in [-0.05, 0) is 45.4 Å². The summed E-state index contributed by atoms with van der Waals surface area (Å²) in [7, 11) is 0. The predicted molar refractivity (Wildman–Crippen MR) is 94.1 cm³/mol. The number of allylic oxidation sites excluding steroid dienone is 2. The molecule has 22 heavy (non-hydrogen) atoms. The van der Waals surface area contributed by atoms with Crippen molar-refractivity contribution in [2.24, 2.45) is 4.99 Å². The van der Waals surface area contributed by atoms with Gasteiger partial charge in [-0.25, -0.2) is 9.67 Å². The summed E-state index contributed by atoms with van der Waals surface area (Å²) >= 11 is 0. The zero-order valence-electron chi connectivity index (χ0n) is 13.8. The standard InChI is InChI=1S/C19H23N3/c1-6-14(2)12-16(4)20-17(5)22-11-10-19(21-22)18-9-7-8-15(3)13-18/h7-13H,4,6H2,1-3,5H3/b14-12+,20-17?. The monoisotopic (exact) mass is 293 g/mol. The summed E-state index contributed by atoms with van der Waals surface area (Å²) in [6.45, 7) is 12.2. The molecule has 114 valence electrons. The van der Waals surface area contributed by atoms with Crippen LogP contribution in [0.2, 0.25) is 0 Å². The molecule has 0 saturated heterocycles. The fraction of sp³-hybridized carbons (Fsp3) is 0.263. The van der Waals surface area contributed by atoms with Gasteiger partial charge in [0, 0.05) is 11.8 Å². The summed E-state index contributed by atoms with van der Waals surface area (Å²) in [4.78, 5) is 4.51. The average Bonchev–Trinajstić information content (AvgIpc) is 2.96. The van der Waals surface area contributed by atoms with Gasteiger partial charge in [0.15, 0.2) is 0 Å². The van der Waals surface area contributed by atoms with E-state index >= 15 is 0 Å². The highest BCUT2D eigenvalue weighted by molar-refractivity contribution is 5.83. The first-order valence-electron chi connectivity index (χ1n) is 7.54. The van der Waals surface area contributed by atoms with E-state index in [0.29, 0.717) is 0 Å². The third kappa shape index (κ3) is 4.04. The van der Waals surface area contributed by atoms with Crippen LogP contribution < -0.4 is 0 Å². The molecule has 0 amide bonds. The third-order valence-electron chi connectivity index (χ3n) is 3.51. The number of hydrogen-bond acceptors (Lipinski definition) is 2. The maximum atomic E-state index is 4.60. The van der Waals surface area contributed by atoms with Gasteiger partial charge in [-0.3, -0.25) is 0 Å². The van der Waals surface area contributed by atoms with Crippen molar-refractivity contribution in [2.45, 2.75) is 34.1 Å². The van der Waals surface area contributed by atoms with Crippen LogP contribution in [-0.2, 0) is 0 Å². The Bertz CT molecular complexity index is 733. The van der Waals surface area contributed by atoms with E-state index in [4.69, 9.17) is 0 Å². The van der Waals surface area contributed by atoms with E-state index in [2.05, 4.69) is 55.6 Å². The molecule has 3 heteroatoms. The van der Waals surface area contributed by atoms with Crippen LogP contribution in [0.1, 0.15) is 32.8 Å². The number of aryl methyl sites for hydroxylation is 1. The van der Waals surface area contributed by atoms with Gasteiger partial charge < -0.3 is 0 Å². The highest BCUT2D eigenvalue weighted by Gasteiger charge is 2.04. The molecule has 0 saturated carbocycles. The van der Waals surface area contributed by atoms with Gasteiger partial charge in [0.2, 0.25) is 0 Å². The van der Waals surface area contributed by atoms with E-state index in [0.717, 1.165) is 29.2 Å². The summed E-state index contributed by atoms with van der Waals surface area (Å²) in [5.74, 6) is 0.809. The van der Waals surface area contributed by atoms with Gasteiger partial charge in [0.25, 0.3) is 0 Å². The van der Waals surface area contributed by atoms with Crippen LogP contribution in [0.5, 0.6) is 0 Å².